The molecule has 2 aromatic rings. The van der Waals surface area contributed by atoms with Gasteiger partial charge in [0.25, 0.3) is 5.91 Å². The summed E-state index contributed by atoms with van der Waals surface area (Å²) in [6.45, 7) is -0.224. The van der Waals surface area contributed by atoms with Gasteiger partial charge in [-0.15, -0.1) is 0 Å². The minimum Gasteiger partial charge on any atom is -0.497 e. The van der Waals surface area contributed by atoms with Crippen molar-refractivity contribution in [1.82, 2.24) is 25.1 Å². The van der Waals surface area contributed by atoms with Crippen molar-refractivity contribution in [3.63, 3.8) is 0 Å². The zero-order chi connectivity index (χ0) is 24.0. The molecule has 174 valence electrons. The second-order valence-electron chi connectivity index (χ2n) is 7.49. The third kappa shape index (κ3) is 5.93. The number of hydrogen-bond donors (Lipinski definition) is 3. The number of carbonyl (C=O) groups is 4. The van der Waals surface area contributed by atoms with Gasteiger partial charge in [-0.05, 0) is 18.6 Å². The topological polar surface area (TPSA) is 160 Å². The first kappa shape index (κ1) is 23.4. The molecular weight excluding hydrogens is 430 g/mol. The molecule has 1 aromatic carbocycles. The fraction of sp³-hybridized carbons (Fsp3) is 0.333. The summed E-state index contributed by atoms with van der Waals surface area (Å²) in [6.07, 6.45) is 4.25. The molecule has 1 aliphatic rings. The molecule has 33 heavy (non-hydrogen) atoms. The summed E-state index contributed by atoms with van der Waals surface area (Å²) in [4.78, 5) is 60.1. The van der Waals surface area contributed by atoms with Crippen LogP contribution in [-0.4, -0.2) is 82.9 Å². The molecule has 0 radical (unpaired) electrons. The average Bonchev–Trinajstić information content (AvgIpc) is 3.21. The highest BCUT2D eigenvalue weighted by Gasteiger charge is 2.42. The van der Waals surface area contributed by atoms with Crippen LogP contribution in [0.2, 0.25) is 0 Å². The van der Waals surface area contributed by atoms with Crippen molar-refractivity contribution in [2.45, 2.75) is 18.5 Å². The van der Waals surface area contributed by atoms with Gasteiger partial charge in [0, 0.05) is 37.7 Å². The molecule has 1 aromatic heterocycles. The van der Waals surface area contributed by atoms with Crippen molar-refractivity contribution in [3.05, 3.63) is 48.5 Å². The smallest absolute Gasteiger partial charge is 0.319 e. The lowest BCUT2D eigenvalue weighted by atomic mass is 10.1. The van der Waals surface area contributed by atoms with Crippen LogP contribution >= 0.6 is 0 Å². The summed E-state index contributed by atoms with van der Waals surface area (Å²) >= 11 is 0. The van der Waals surface area contributed by atoms with E-state index in [0.717, 1.165) is 4.90 Å². The predicted octanol–water partition coefficient (Wildman–Crippen LogP) is -0.166. The van der Waals surface area contributed by atoms with Gasteiger partial charge < -0.3 is 30.9 Å². The third-order valence-electron chi connectivity index (χ3n) is 5.06. The molecule has 4 N–H and O–H groups in total. The number of nitrogens with one attached hydrogen (secondary N) is 2. The summed E-state index contributed by atoms with van der Waals surface area (Å²) in [5.41, 5.74) is 5.78. The van der Waals surface area contributed by atoms with Crippen LogP contribution < -0.4 is 21.1 Å². The molecule has 1 fully saturated rings. The van der Waals surface area contributed by atoms with E-state index in [2.05, 4.69) is 20.6 Å². The second kappa shape index (κ2) is 10.4. The number of methoxy groups -OCH3 is 1. The number of aromatic nitrogens is 2. The first-order valence-corrected chi connectivity index (χ1v) is 10.1. The Hall–Kier alpha value is -4.22. The quantitative estimate of drug-likeness (QED) is 0.523. The summed E-state index contributed by atoms with van der Waals surface area (Å²) in [5, 5.41) is 5.48. The Bertz CT molecular complexity index is 1030. The highest BCUT2D eigenvalue weighted by atomic mass is 16.5. The Balaban J connectivity index is 1.74. The summed E-state index contributed by atoms with van der Waals surface area (Å²) in [7, 11) is 2.95. The van der Waals surface area contributed by atoms with E-state index in [4.69, 9.17) is 10.5 Å². The van der Waals surface area contributed by atoms with Gasteiger partial charge in [0.05, 0.1) is 25.9 Å². The number of benzene rings is 1. The molecule has 12 heteroatoms. The van der Waals surface area contributed by atoms with Gasteiger partial charge in [-0.2, -0.15) is 0 Å². The SMILES string of the molecule is COc1cccc(NC(=O)N[C@H]2C[C@@H](C(=O)N(C)CC(N)=O)N(C(=O)c3cnccn3)C2)c1. The number of nitrogens with two attached hydrogens (primary N) is 1. The van der Waals surface area contributed by atoms with Crippen LogP contribution in [0.3, 0.4) is 0 Å². The Morgan fingerprint density at radius 2 is 2.06 bits per heavy atom. The van der Waals surface area contributed by atoms with Crippen molar-refractivity contribution in [1.29, 1.82) is 0 Å². The monoisotopic (exact) mass is 455 g/mol. The van der Waals surface area contributed by atoms with Gasteiger partial charge in [-0.25, -0.2) is 9.78 Å². The molecule has 2 atom stereocenters. The number of hydrogen-bond acceptors (Lipinski definition) is 7. The number of urea groups is 1. The normalized spacial score (nSPS) is 17.2. The predicted molar refractivity (Wildman–Crippen MR) is 117 cm³/mol. The van der Waals surface area contributed by atoms with Crippen molar-refractivity contribution >= 4 is 29.4 Å². The Morgan fingerprint density at radius 3 is 2.73 bits per heavy atom. The second-order valence-corrected chi connectivity index (χ2v) is 7.49. The molecule has 5 amide bonds. The van der Waals surface area contributed by atoms with E-state index in [1.165, 1.54) is 37.6 Å². The van der Waals surface area contributed by atoms with Gasteiger partial charge in [0.1, 0.15) is 17.5 Å². The molecule has 1 saturated heterocycles. The van der Waals surface area contributed by atoms with Crippen LogP contribution in [0.25, 0.3) is 0 Å². The largest absolute Gasteiger partial charge is 0.497 e. The van der Waals surface area contributed by atoms with E-state index in [9.17, 15) is 19.2 Å². The van der Waals surface area contributed by atoms with E-state index in [1.807, 2.05) is 0 Å². The molecule has 12 nitrogen and oxygen atoms in total. The number of nitrogens with zero attached hydrogens (tertiary/aromatic N) is 4. The fourth-order valence-electron chi connectivity index (χ4n) is 3.58. The molecule has 0 bridgehead atoms. The van der Waals surface area contributed by atoms with Crippen LogP contribution in [0.5, 0.6) is 5.75 Å². The Labute approximate surface area is 190 Å². The Morgan fingerprint density at radius 1 is 1.27 bits per heavy atom. The number of rotatable bonds is 7. The number of anilines is 1. The summed E-state index contributed by atoms with van der Waals surface area (Å²) in [5.74, 6) is -1.07. The zero-order valence-electron chi connectivity index (χ0n) is 18.2. The lowest BCUT2D eigenvalue weighted by Gasteiger charge is -2.26. The lowest BCUT2D eigenvalue weighted by molar-refractivity contribution is -0.137. The number of ether oxygens (including phenoxy) is 1. The molecule has 0 unspecified atom stereocenters. The standard InChI is InChI=1S/C21H25N7O5/c1-27(12-18(22)29)20(31)17-9-14(11-28(17)19(30)16-10-23-6-7-24-16)26-21(32)25-13-4-3-5-15(8-13)33-2/h3-8,10,14,17H,9,11-12H2,1-2H3,(H2,22,29)(H2,25,26,32)/t14-,17-/m0/s1. The molecule has 0 aliphatic carbocycles. The highest BCUT2D eigenvalue weighted by molar-refractivity contribution is 5.97. The molecule has 0 saturated carbocycles. The molecule has 0 spiro atoms. The first-order valence-electron chi connectivity index (χ1n) is 10.1. The van der Waals surface area contributed by atoms with Gasteiger partial charge in [0.2, 0.25) is 11.8 Å². The third-order valence-corrected chi connectivity index (χ3v) is 5.06. The van der Waals surface area contributed by atoms with Gasteiger partial charge >= 0.3 is 6.03 Å². The summed E-state index contributed by atoms with van der Waals surface area (Å²) < 4.78 is 5.14. The van der Waals surface area contributed by atoms with E-state index in [-0.39, 0.29) is 25.2 Å². The highest BCUT2D eigenvalue weighted by Crippen LogP contribution is 2.22. The minimum atomic E-state index is -0.911. The van der Waals surface area contributed by atoms with Crippen LogP contribution in [0.1, 0.15) is 16.9 Å². The van der Waals surface area contributed by atoms with Gasteiger partial charge in [-0.1, -0.05) is 6.07 Å². The maximum absolute atomic E-state index is 13.0. The van der Waals surface area contributed by atoms with E-state index in [1.54, 1.807) is 24.3 Å². The number of likely N-dealkylation sites (tertiary alicyclic amines) is 1. The van der Waals surface area contributed by atoms with Crippen LogP contribution in [0.4, 0.5) is 10.5 Å². The molecular formula is C21H25N7O5. The van der Waals surface area contributed by atoms with Crippen molar-refractivity contribution in [3.8, 4) is 5.75 Å². The number of likely N-dealkylation sites (N-methyl/N-ethyl adjacent to an activating group) is 1. The van der Waals surface area contributed by atoms with Crippen LogP contribution in [-0.2, 0) is 9.59 Å². The van der Waals surface area contributed by atoms with Crippen molar-refractivity contribution < 1.29 is 23.9 Å². The molecule has 3 rings (SSSR count). The lowest BCUT2D eigenvalue weighted by Crippen LogP contribution is -2.48. The van der Waals surface area contributed by atoms with Gasteiger partial charge in [0.15, 0.2) is 0 Å². The van der Waals surface area contributed by atoms with E-state index in [0.29, 0.717) is 11.4 Å². The molecule has 2 heterocycles. The first-order chi connectivity index (χ1) is 15.8. The summed E-state index contributed by atoms with van der Waals surface area (Å²) in [6, 6.07) is 4.90. The fourth-order valence-corrected chi connectivity index (χ4v) is 3.58. The number of carbonyl (C=O) groups excluding carboxylic acids is 4. The number of amides is 5. The zero-order valence-corrected chi connectivity index (χ0v) is 18.2. The molecule has 1 aliphatic heterocycles. The Kier molecular flexibility index (Phi) is 7.38. The van der Waals surface area contributed by atoms with E-state index >= 15 is 0 Å². The van der Waals surface area contributed by atoms with Crippen LogP contribution in [0.15, 0.2) is 42.9 Å². The van der Waals surface area contributed by atoms with Crippen molar-refractivity contribution in [2.24, 2.45) is 5.73 Å². The van der Waals surface area contributed by atoms with E-state index < -0.39 is 35.8 Å². The average molecular weight is 455 g/mol. The minimum absolute atomic E-state index is 0.0642. The maximum atomic E-state index is 13.0. The van der Waals surface area contributed by atoms with Crippen LogP contribution in [0, 0.1) is 0 Å². The van der Waals surface area contributed by atoms with Crippen molar-refractivity contribution in [2.75, 3.05) is 32.6 Å². The maximum Gasteiger partial charge on any atom is 0.319 e. The van der Waals surface area contributed by atoms with Gasteiger partial charge in [-0.3, -0.25) is 19.4 Å². The number of primary amides is 1.